The predicted octanol–water partition coefficient (Wildman–Crippen LogP) is 2.30. The van der Waals surface area contributed by atoms with Crippen molar-refractivity contribution in [2.24, 2.45) is 10.9 Å². The van der Waals surface area contributed by atoms with Crippen LogP contribution in [0, 0.1) is 12.8 Å². The fraction of sp³-hybridized carbons (Fsp3) is 0.737. The number of carbonyl (C=O) groups is 1. The molecule has 1 aliphatic rings. The molecule has 1 aliphatic heterocycles. The quantitative estimate of drug-likeness (QED) is 0.264. The molecule has 0 spiro atoms. The molecule has 0 bridgehead atoms. The molecular formula is C19H32N4O4S. The van der Waals surface area contributed by atoms with E-state index in [1.165, 1.54) is 11.3 Å². The van der Waals surface area contributed by atoms with Gasteiger partial charge in [-0.1, -0.05) is 0 Å². The molecule has 2 heterocycles. The SMILES string of the molecule is CCOC(=O)c1sc(C(C)NC(=NC)NCCCOCC2CCOC2)nc1C. The summed E-state index contributed by atoms with van der Waals surface area (Å²) in [4.78, 5) is 21.3. The number of ether oxygens (including phenoxy) is 3. The van der Waals surface area contributed by atoms with Crippen molar-refractivity contribution in [1.82, 2.24) is 15.6 Å². The monoisotopic (exact) mass is 412 g/mol. The Balaban J connectivity index is 1.71. The number of aliphatic imine (C=N–C) groups is 1. The summed E-state index contributed by atoms with van der Waals surface area (Å²) >= 11 is 1.35. The number of nitrogens with one attached hydrogen (secondary N) is 2. The minimum atomic E-state index is -0.317. The van der Waals surface area contributed by atoms with Crippen molar-refractivity contribution >= 4 is 23.3 Å². The third-order valence-electron chi connectivity index (χ3n) is 4.36. The average molecular weight is 413 g/mol. The highest BCUT2D eigenvalue weighted by atomic mass is 32.1. The summed E-state index contributed by atoms with van der Waals surface area (Å²) in [5.74, 6) is 0.925. The van der Waals surface area contributed by atoms with E-state index < -0.39 is 0 Å². The molecular weight excluding hydrogens is 380 g/mol. The van der Waals surface area contributed by atoms with E-state index in [1.54, 1.807) is 14.0 Å². The molecule has 1 fully saturated rings. The second-order valence-corrected chi connectivity index (χ2v) is 7.74. The summed E-state index contributed by atoms with van der Waals surface area (Å²) < 4.78 is 16.1. The third kappa shape index (κ3) is 7.03. The maximum absolute atomic E-state index is 12.0. The first kappa shape index (κ1) is 22.6. The normalized spacial score (nSPS) is 18.1. The summed E-state index contributed by atoms with van der Waals surface area (Å²) in [6.07, 6.45) is 1.99. The van der Waals surface area contributed by atoms with Gasteiger partial charge in [0, 0.05) is 32.7 Å². The van der Waals surface area contributed by atoms with Crippen LogP contribution in [-0.4, -0.2) is 63.5 Å². The van der Waals surface area contributed by atoms with Gasteiger partial charge in [-0.05, 0) is 33.6 Å². The van der Waals surface area contributed by atoms with Crippen LogP contribution in [-0.2, 0) is 14.2 Å². The van der Waals surface area contributed by atoms with E-state index in [0.29, 0.717) is 35.7 Å². The fourth-order valence-corrected chi connectivity index (χ4v) is 3.76. The lowest BCUT2D eigenvalue weighted by Crippen LogP contribution is -2.39. The highest BCUT2D eigenvalue weighted by Gasteiger charge is 2.20. The lowest BCUT2D eigenvalue weighted by Gasteiger charge is -2.16. The number of nitrogens with zero attached hydrogens (tertiary/aromatic N) is 2. The van der Waals surface area contributed by atoms with Gasteiger partial charge < -0.3 is 24.8 Å². The van der Waals surface area contributed by atoms with Gasteiger partial charge in [0.25, 0.3) is 0 Å². The molecule has 28 heavy (non-hydrogen) atoms. The number of carbonyl (C=O) groups excluding carboxylic acids is 1. The number of aromatic nitrogens is 1. The molecule has 1 saturated heterocycles. The van der Waals surface area contributed by atoms with Crippen molar-refractivity contribution in [3.8, 4) is 0 Å². The van der Waals surface area contributed by atoms with Crippen molar-refractivity contribution < 1.29 is 19.0 Å². The van der Waals surface area contributed by atoms with Gasteiger partial charge in [-0.2, -0.15) is 0 Å². The molecule has 1 aromatic heterocycles. The van der Waals surface area contributed by atoms with E-state index in [1.807, 2.05) is 13.8 Å². The number of thiazole rings is 1. The van der Waals surface area contributed by atoms with Crippen LogP contribution in [0.25, 0.3) is 0 Å². The Bertz CT molecular complexity index is 644. The van der Waals surface area contributed by atoms with Crippen LogP contribution < -0.4 is 10.6 Å². The lowest BCUT2D eigenvalue weighted by atomic mass is 10.1. The molecule has 9 heteroatoms. The zero-order valence-corrected chi connectivity index (χ0v) is 18.1. The van der Waals surface area contributed by atoms with Gasteiger partial charge in [0.05, 0.1) is 31.6 Å². The molecule has 0 aromatic carbocycles. The Kier molecular flexibility index (Phi) is 9.66. The number of esters is 1. The summed E-state index contributed by atoms with van der Waals surface area (Å²) in [6, 6.07) is -0.0725. The van der Waals surface area contributed by atoms with Crippen LogP contribution in [0.1, 0.15) is 53.1 Å². The Morgan fingerprint density at radius 2 is 2.32 bits per heavy atom. The Morgan fingerprint density at radius 1 is 1.50 bits per heavy atom. The van der Waals surface area contributed by atoms with Gasteiger partial charge in [-0.3, -0.25) is 4.99 Å². The van der Waals surface area contributed by atoms with Gasteiger partial charge in [0.15, 0.2) is 5.96 Å². The highest BCUT2D eigenvalue weighted by molar-refractivity contribution is 7.13. The average Bonchev–Trinajstić information content (AvgIpc) is 3.33. The molecule has 0 amide bonds. The zero-order chi connectivity index (χ0) is 20.4. The first-order chi connectivity index (χ1) is 13.5. The minimum absolute atomic E-state index is 0.0725. The van der Waals surface area contributed by atoms with Crippen molar-refractivity contribution in [2.75, 3.05) is 46.6 Å². The van der Waals surface area contributed by atoms with Crippen LogP contribution in [0.3, 0.4) is 0 Å². The van der Waals surface area contributed by atoms with Crippen LogP contribution in [0.15, 0.2) is 4.99 Å². The van der Waals surface area contributed by atoms with Crippen LogP contribution >= 0.6 is 11.3 Å². The van der Waals surface area contributed by atoms with Crippen molar-refractivity contribution in [2.45, 2.75) is 39.7 Å². The molecule has 0 aliphatic carbocycles. The maximum atomic E-state index is 12.0. The minimum Gasteiger partial charge on any atom is -0.462 e. The van der Waals surface area contributed by atoms with Gasteiger partial charge in [0.1, 0.15) is 9.88 Å². The first-order valence-electron chi connectivity index (χ1n) is 9.82. The van der Waals surface area contributed by atoms with E-state index in [-0.39, 0.29) is 12.0 Å². The standard InChI is InChI=1S/C19H32N4O4S/c1-5-27-18(24)16-13(2)22-17(28-16)14(3)23-19(20-4)21-8-6-9-25-11-15-7-10-26-12-15/h14-15H,5-12H2,1-4H3,(H2,20,21,23). The summed E-state index contributed by atoms with van der Waals surface area (Å²) in [6.45, 7) is 9.89. The molecule has 2 unspecified atom stereocenters. The zero-order valence-electron chi connectivity index (χ0n) is 17.2. The van der Waals surface area contributed by atoms with E-state index in [0.717, 1.165) is 44.2 Å². The summed E-state index contributed by atoms with van der Waals surface area (Å²) in [5.41, 5.74) is 0.694. The molecule has 158 valence electrons. The summed E-state index contributed by atoms with van der Waals surface area (Å²) in [7, 11) is 1.73. The molecule has 8 nitrogen and oxygen atoms in total. The number of hydrogen-bond donors (Lipinski definition) is 2. The fourth-order valence-electron chi connectivity index (χ4n) is 2.80. The second-order valence-electron chi connectivity index (χ2n) is 6.71. The summed E-state index contributed by atoms with van der Waals surface area (Å²) in [5, 5.41) is 7.41. The molecule has 2 atom stereocenters. The van der Waals surface area contributed by atoms with E-state index >= 15 is 0 Å². The third-order valence-corrected chi connectivity index (χ3v) is 5.68. The van der Waals surface area contributed by atoms with Crippen LogP contribution in [0.5, 0.6) is 0 Å². The van der Waals surface area contributed by atoms with Gasteiger partial charge in [-0.15, -0.1) is 11.3 Å². The molecule has 2 N–H and O–H groups in total. The Labute approximate surface area is 171 Å². The van der Waals surface area contributed by atoms with Gasteiger partial charge >= 0.3 is 5.97 Å². The van der Waals surface area contributed by atoms with Crippen molar-refractivity contribution in [1.29, 1.82) is 0 Å². The molecule has 2 rings (SSSR count). The predicted molar refractivity (Wildman–Crippen MR) is 110 cm³/mol. The number of rotatable bonds is 10. The number of hydrogen-bond acceptors (Lipinski definition) is 7. The van der Waals surface area contributed by atoms with Crippen molar-refractivity contribution in [3.63, 3.8) is 0 Å². The Morgan fingerprint density at radius 3 is 3.00 bits per heavy atom. The second kappa shape index (κ2) is 12.0. The van der Waals surface area contributed by atoms with E-state index in [2.05, 4.69) is 20.6 Å². The largest absolute Gasteiger partial charge is 0.462 e. The molecule has 1 aromatic rings. The van der Waals surface area contributed by atoms with E-state index in [4.69, 9.17) is 14.2 Å². The number of aryl methyl sites for hydroxylation is 1. The smallest absolute Gasteiger partial charge is 0.350 e. The van der Waals surface area contributed by atoms with Crippen LogP contribution in [0.4, 0.5) is 0 Å². The molecule has 0 saturated carbocycles. The highest BCUT2D eigenvalue weighted by Crippen LogP contribution is 2.24. The molecule has 0 radical (unpaired) electrons. The number of guanidine groups is 1. The topological polar surface area (TPSA) is 94.1 Å². The van der Waals surface area contributed by atoms with Gasteiger partial charge in [-0.25, -0.2) is 9.78 Å². The first-order valence-corrected chi connectivity index (χ1v) is 10.6. The van der Waals surface area contributed by atoms with E-state index in [9.17, 15) is 4.79 Å². The van der Waals surface area contributed by atoms with Gasteiger partial charge in [0.2, 0.25) is 0 Å². The lowest BCUT2D eigenvalue weighted by molar-refractivity contribution is 0.0531. The van der Waals surface area contributed by atoms with Crippen molar-refractivity contribution in [3.05, 3.63) is 15.6 Å². The maximum Gasteiger partial charge on any atom is 0.350 e. The Hall–Kier alpha value is -1.71. The van der Waals surface area contributed by atoms with Crippen LogP contribution in [0.2, 0.25) is 0 Å².